The summed E-state index contributed by atoms with van der Waals surface area (Å²) in [5.41, 5.74) is 7.21. The second-order valence-corrected chi connectivity index (χ2v) is 31.3. The number of carbonyl (C=O) groups is 1. The van der Waals surface area contributed by atoms with Gasteiger partial charge in [0.15, 0.2) is 0 Å². The first-order chi connectivity index (χ1) is 19.4. The molecule has 1 aliphatic carbocycles. The van der Waals surface area contributed by atoms with Gasteiger partial charge in [0.05, 0.1) is 0 Å². The van der Waals surface area contributed by atoms with Gasteiger partial charge in [-0.25, -0.2) is 0 Å². The predicted octanol–water partition coefficient (Wildman–Crippen LogP) is 0.563. The molecule has 0 heterocycles. The van der Waals surface area contributed by atoms with E-state index in [-0.39, 0.29) is 39.8 Å². The van der Waals surface area contributed by atoms with Gasteiger partial charge >= 0.3 is 248 Å². The first kappa shape index (κ1) is 32.2. The van der Waals surface area contributed by atoms with Crippen molar-refractivity contribution in [2.45, 2.75) is 29.9 Å². The third-order valence-electron chi connectivity index (χ3n) is 7.96. The Morgan fingerprint density at radius 1 is 0.619 bits per heavy atom. The largest absolute Gasteiger partial charge is 1.00 e. The second-order valence-electron chi connectivity index (χ2n) is 11.6. The molecule has 0 spiro atoms. The number of carbonyl (C=O) groups excluding carboxylic acids is 1. The summed E-state index contributed by atoms with van der Waals surface area (Å²) in [4.78, 5) is 14.4. The van der Waals surface area contributed by atoms with Gasteiger partial charge in [0.1, 0.15) is 0 Å². The van der Waals surface area contributed by atoms with E-state index in [4.69, 9.17) is 0 Å². The van der Waals surface area contributed by atoms with Gasteiger partial charge in [-0.3, -0.25) is 0 Å². The van der Waals surface area contributed by atoms with Crippen molar-refractivity contribution < 1.29 is 50.5 Å². The zero-order valence-electron chi connectivity index (χ0n) is 24.0. The fourth-order valence-electron chi connectivity index (χ4n) is 6.18. The minimum Gasteiger partial charge on any atom is -1.00 e. The summed E-state index contributed by atoms with van der Waals surface area (Å²) < 4.78 is 4.17. The Balaban J connectivity index is 0.00000202. The second kappa shape index (κ2) is 13.7. The molecule has 42 heavy (non-hydrogen) atoms. The topological polar surface area (TPSA) is 29.1 Å². The average Bonchev–Trinajstić information content (AvgIpc) is 3.32. The van der Waals surface area contributed by atoms with Gasteiger partial charge in [0, 0.05) is 0 Å². The first-order valence-corrected chi connectivity index (χ1v) is 25.8. The zero-order valence-corrected chi connectivity index (χ0v) is 30.3. The molecule has 5 aromatic rings. The maximum absolute atomic E-state index is 14.4. The van der Waals surface area contributed by atoms with Gasteiger partial charge in [-0.2, -0.15) is 0 Å². The summed E-state index contributed by atoms with van der Waals surface area (Å²) in [5.74, 6) is -1.70. The number of amides is 1. The van der Waals surface area contributed by atoms with Crippen molar-refractivity contribution in [3.8, 4) is 11.1 Å². The molecule has 0 saturated carbocycles. The average molecular weight is 774 g/mol. The number of hydrogen-bond acceptors (Lipinski definition) is 1. The first-order valence-electron chi connectivity index (χ1n) is 14.0. The van der Waals surface area contributed by atoms with Crippen LogP contribution in [0.25, 0.3) is 11.1 Å². The van der Waals surface area contributed by atoms with E-state index in [9.17, 15) is 4.79 Å². The Morgan fingerprint density at radius 2 is 1.05 bits per heavy atom. The molecule has 0 aromatic heterocycles. The van der Waals surface area contributed by atoms with Crippen LogP contribution in [-0.4, -0.2) is 11.9 Å². The Kier molecular flexibility index (Phi) is 10.5. The summed E-state index contributed by atoms with van der Waals surface area (Å²) in [5, 5.41) is 2.84. The van der Waals surface area contributed by atoms with Crippen LogP contribution in [0.2, 0.25) is 0 Å². The molecule has 5 aromatic carbocycles. The molecule has 2 nitrogen and oxygen atoms in total. The van der Waals surface area contributed by atoms with Gasteiger partial charge in [-0.1, -0.05) is 0 Å². The van der Waals surface area contributed by atoms with E-state index in [1.54, 1.807) is 0 Å². The number of benzene rings is 5. The molecule has 6 heteroatoms. The fraction of sp³-hybridized carbons (Fsp3) is 0.139. The summed E-state index contributed by atoms with van der Waals surface area (Å²) in [6.07, 6.45) is 0. The van der Waals surface area contributed by atoms with Crippen LogP contribution in [0, 0.1) is 0 Å². The minimum absolute atomic E-state index is 0. The van der Waals surface area contributed by atoms with Crippen molar-refractivity contribution in [3.63, 3.8) is 0 Å². The van der Waals surface area contributed by atoms with Crippen LogP contribution in [0.3, 0.4) is 0 Å². The van der Waals surface area contributed by atoms with E-state index >= 15 is 0 Å². The zero-order chi connectivity index (χ0) is 27.7. The Morgan fingerprint density at radius 3 is 1.55 bits per heavy atom. The van der Waals surface area contributed by atoms with E-state index in [1.807, 2.05) is 18.2 Å². The van der Waals surface area contributed by atoms with E-state index in [1.165, 1.54) is 32.6 Å². The van der Waals surface area contributed by atoms with Crippen LogP contribution in [0.5, 0.6) is 0 Å². The summed E-state index contributed by atoms with van der Waals surface area (Å²) >= 11 is -3.16. The Labute approximate surface area is 270 Å². The number of rotatable bonds is 6. The van der Waals surface area contributed by atoms with Crippen LogP contribution in [-0.2, 0) is 26.3 Å². The molecule has 0 bridgehead atoms. The van der Waals surface area contributed by atoms with Crippen LogP contribution in [0.4, 0.5) is 0 Å². The van der Waals surface area contributed by atoms with Crippen molar-refractivity contribution in [1.82, 2.24) is 3.30 Å². The van der Waals surface area contributed by atoms with E-state index < -0.39 is 26.9 Å². The molecule has 0 radical (unpaired) electrons. The Bertz CT molecular complexity index is 1570. The molecule has 0 atom stereocenters. The van der Waals surface area contributed by atoms with Crippen LogP contribution >= 0.6 is 0 Å². The molecular formula is C36H34Cl2HfNOSi. The van der Waals surface area contributed by atoms with Gasteiger partial charge in [0.2, 0.25) is 0 Å². The van der Waals surface area contributed by atoms with E-state index in [2.05, 4.69) is 139 Å². The summed E-state index contributed by atoms with van der Waals surface area (Å²) in [6.45, 7) is 6.57. The molecule has 0 saturated heterocycles. The SMILES string of the molecule is CC(C)(C)c1ccccc1C(=O)[NH][Hf+2]([CH]1c2ccccc2-c2ccccc21)[SiH](c1ccccc1)c1ccccc1.[Cl-].[Cl-]. The predicted molar refractivity (Wildman–Crippen MR) is 166 cm³/mol. The Hall–Kier alpha value is -2.76. The van der Waals surface area contributed by atoms with Crippen molar-refractivity contribution in [3.05, 3.63) is 156 Å². The fourth-order valence-corrected chi connectivity index (χ4v) is 36.2. The molecule has 0 aliphatic heterocycles. The van der Waals surface area contributed by atoms with E-state index in [0.717, 1.165) is 11.1 Å². The maximum atomic E-state index is 14.4. The monoisotopic (exact) mass is 774 g/mol. The summed E-state index contributed by atoms with van der Waals surface area (Å²) in [6, 6.07) is 48.0. The molecule has 0 fully saturated rings. The number of hydrogen-bond donors (Lipinski definition) is 1. The van der Waals surface area contributed by atoms with Crippen LogP contribution in [0.15, 0.2) is 133 Å². The molecule has 0 unspecified atom stereocenters. The molecule has 211 valence electrons. The molecule has 1 N–H and O–H groups in total. The molecule has 6 rings (SSSR count). The third-order valence-corrected chi connectivity index (χ3v) is 34.8. The van der Waals surface area contributed by atoms with Crippen molar-refractivity contribution in [2.75, 3.05) is 0 Å². The quantitative estimate of drug-likeness (QED) is 0.252. The molecule has 1 amide bonds. The molecule has 1 aliphatic rings. The number of fused-ring (bicyclic) bond motifs is 3. The smallest absolute Gasteiger partial charge is 1.00 e. The van der Waals surface area contributed by atoms with Crippen LogP contribution in [0.1, 0.15) is 51.5 Å². The van der Waals surface area contributed by atoms with Crippen LogP contribution < -0.4 is 38.5 Å². The normalized spacial score (nSPS) is 12.0. The van der Waals surface area contributed by atoms with Gasteiger partial charge < -0.3 is 24.8 Å². The van der Waals surface area contributed by atoms with Gasteiger partial charge in [-0.05, 0) is 0 Å². The number of halogens is 2. The van der Waals surface area contributed by atoms with Crippen molar-refractivity contribution in [2.24, 2.45) is 0 Å². The summed E-state index contributed by atoms with van der Waals surface area (Å²) in [7, 11) is 0. The number of nitrogens with one attached hydrogen (secondary N) is 1. The van der Waals surface area contributed by atoms with Crippen molar-refractivity contribution in [1.29, 1.82) is 0 Å². The maximum Gasteiger partial charge on any atom is -1.00 e. The van der Waals surface area contributed by atoms with Gasteiger partial charge in [0.25, 0.3) is 0 Å². The van der Waals surface area contributed by atoms with Gasteiger partial charge in [-0.15, -0.1) is 0 Å². The van der Waals surface area contributed by atoms with Crippen molar-refractivity contribution >= 4 is 22.3 Å². The van der Waals surface area contributed by atoms with E-state index in [0.29, 0.717) is 0 Å². The standard InChI is InChI=1S/C13H9.C12H11Si.C11H15NO.2ClH.Hf/c1-3-7-12-10(5-1)9-11-6-2-4-8-13(11)12;1-3-7-11(8-4-1)13-12-9-5-2-6-10-12;1-11(2,3)9-7-5-4-6-8(9)10(12)13;;;/h1-9H;1-10,13H;4-7H,1-3H3,(H2,12,13);2*1H;/q;;;;;+3/p-3. The molecular weight excluding hydrogens is 740 g/mol. The third kappa shape index (κ3) is 6.28. The minimum atomic E-state index is -3.16.